The molecular formula is C15H22O3S. The molecule has 1 atom stereocenters. The number of thioether (sulfide) groups is 1. The zero-order valence-corrected chi connectivity index (χ0v) is 12.4. The number of aromatic carboxylic acids is 1. The highest BCUT2D eigenvalue weighted by atomic mass is 32.2. The normalized spacial score (nSPS) is 12.1. The van der Waals surface area contributed by atoms with Crippen molar-refractivity contribution in [2.24, 2.45) is 5.92 Å². The Kier molecular flexibility index (Phi) is 7.41. The summed E-state index contributed by atoms with van der Waals surface area (Å²) < 4.78 is 5.54. The minimum Gasteiger partial charge on any atom is -0.493 e. The van der Waals surface area contributed by atoms with E-state index in [9.17, 15) is 4.79 Å². The first-order chi connectivity index (χ1) is 9.15. The van der Waals surface area contributed by atoms with Crippen LogP contribution in [0.4, 0.5) is 0 Å². The Morgan fingerprint density at radius 1 is 1.42 bits per heavy atom. The molecule has 106 valence electrons. The Labute approximate surface area is 119 Å². The van der Waals surface area contributed by atoms with Gasteiger partial charge in [-0.05, 0) is 36.0 Å². The molecule has 0 heterocycles. The first-order valence-corrected chi connectivity index (χ1v) is 7.83. The number of carboxylic acid groups (broad SMARTS) is 1. The molecule has 0 bridgehead atoms. The van der Waals surface area contributed by atoms with Gasteiger partial charge < -0.3 is 9.84 Å². The molecule has 0 aliphatic rings. The number of hydrogen-bond acceptors (Lipinski definition) is 3. The van der Waals surface area contributed by atoms with Crippen molar-refractivity contribution in [3.63, 3.8) is 0 Å². The first-order valence-electron chi connectivity index (χ1n) is 6.68. The predicted octanol–water partition coefficient (Wildman–Crippen LogP) is 3.93. The fraction of sp³-hybridized carbons (Fsp3) is 0.533. The van der Waals surface area contributed by atoms with Gasteiger partial charge in [0.05, 0.1) is 6.61 Å². The van der Waals surface area contributed by atoms with E-state index in [1.807, 2.05) is 11.8 Å². The Morgan fingerprint density at radius 3 is 2.84 bits per heavy atom. The largest absolute Gasteiger partial charge is 0.493 e. The zero-order valence-electron chi connectivity index (χ0n) is 11.6. The van der Waals surface area contributed by atoms with Crippen LogP contribution in [0.1, 0.15) is 37.0 Å². The molecule has 0 aliphatic carbocycles. The van der Waals surface area contributed by atoms with Crippen molar-refractivity contribution in [1.29, 1.82) is 0 Å². The van der Waals surface area contributed by atoms with Crippen LogP contribution in [0.5, 0.6) is 5.75 Å². The summed E-state index contributed by atoms with van der Waals surface area (Å²) in [6.45, 7) is 5.03. The number of hydrogen-bond donors (Lipinski definition) is 1. The molecule has 0 amide bonds. The average molecular weight is 282 g/mol. The molecule has 1 N–H and O–H groups in total. The highest BCUT2D eigenvalue weighted by molar-refractivity contribution is 7.99. The zero-order chi connectivity index (χ0) is 14.1. The fourth-order valence-electron chi connectivity index (χ4n) is 1.51. The summed E-state index contributed by atoms with van der Waals surface area (Å²) in [4.78, 5) is 11.0. The number of para-hydroxylation sites is 1. The van der Waals surface area contributed by atoms with E-state index in [0.717, 1.165) is 18.1 Å². The van der Waals surface area contributed by atoms with Gasteiger partial charge in [-0.1, -0.05) is 32.4 Å². The molecule has 1 aromatic rings. The van der Waals surface area contributed by atoms with Crippen molar-refractivity contribution in [1.82, 2.24) is 0 Å². The SMILES string of the molecule is CCC(C)CSCCCOc1ccccc1C(=O)O. The van der Waals surface area contributed by atoms with E-state index in [0.29, 0.717) is 12.4 Å². The van der Waals surface area contributed by atoms with Gasteiger partial charge in [0.25, 0.3) is 0 Å². The first kappa shape index (κ1) is 15.9. The minimum atomic E-state index is -0.943. The van der Waals surface area contributed by atoms with E-state index in [4.69, 9.17) is 9.84 Å². The van der Waals surface area contributed by atoms with Crippen LogP contribution in [-0.4, -0.2) is 29.2 Å². The molecule has 0 aliphatic heterocycles. The second-order valence-electron chi connectivity index (χ2n) is 4.59. The van der Waals surface area contributed by atoms with Crippen LogP contribution in [0.15, 0.2) is 24.3 Å². The molecular weight excluding hydrogens is 260 g/mol. The molecule has 3 nitrogen and oxygen atoms in total. The Balaban J connectivity index is 2.24. The van der Waals surface area contributed by atoms with E-state index in [2.05, 4.69) is 13.8 Å². The van der Waals surface area contributed by atoms with Crippen LogP contribution in [-0.2, 0) is 0 Å². The van der Waals surface area contributed by atoms with Crippen molar-refractivity contribution in [2.45, 2.75) is 26.7 Å². The lowest BCUT2D eigenvalue weighted by Crippen LogP contribution is -2.05. The number of rotatable bonds is 9. The Bertz CT molecular complexity index is 393. The molecule has 4 heteroatoms. The lowest BCUT2D eigenvalue weighted by atomic mass is 10.2. The van der Waals surface area contributed by atoms with Gasteiger partial charge in [0, 0.05) is 0 Å². The van der Waals surface area contributed by atoms with E-state index < -0.39 is 5.97 Å². The van der Waals surface area contributed by atoms with Crippen LogP contribution < -0.4 is 4.74 Å². The predicted molar refractivity (Wildman–Crippen MR) is 80.3 cm³/mol. The molecule has 0 saturated carbocycles. The highest BCUT2D eigenvalue weighted by Crippen LogP contribution is 2.18. The highest BCUT2D eigenvalue weighted by Gasteiger charge is 2.09. The van der Waals surface area contributed by atoms with Crippen LogP contribution in [0.25, 0.3) is 0 Å². The van der Waals surface area contributed by atoms with E-state index >= 15 is 0 Å². The third-order valence-corrected chi connectivity index (χ3v) is 4.29. The Morgan fingerprint density at radius 2 is 2.16 bits per heavy atom. The number of carboxylic acids is 1. The standard InChI is InChI=1S/C15H22O3S/c1-3-12(2)11-19-10-6-9-18-14-8-5-4-7-13(14)15(16)17/h4-5,7-8,12H,3,6,9-11H2,1-2H3,(H,16,17). The summed E-state index contributed by atoms with van der Waals surface area (Å²) in [5, 5.41) is 9.01. The maximum Gasteiger partial charge on any atom is 0.339 e. The van der Waals surface area contributed by atoms with Gasteiger partial charge >= 0.3 is 5.97 Å². The maximum absolute atomic E-state index is 11.0. The van der Waals surface area contributed by atoms with Crippen molar-refractivity contribution in [2.75, 3.05) is 18.1 Å². The molecule has 0 spiro atoms. The van der Waals surface area contributed by atoms with Crippen molar-refractivity contribution in [3.05, 3.63) is 29.8 Å². The minimum absolute atomic E-state index is 0.231. The van der Waals surface area contributed by atoms with Gasteiger partial charge in [0.1, 0.15) is 11.3 Å². The molecule has 1 unspecified atom stereocenters. The molecule has 1 aromatic carbocycles. The summed E-state index contributed by atoms with van der Waals surface area (Å²) in [6, 6.07) is 6.77. The molecule has 0 fully saturated rings. The lowest BCUT2D eigenvalue weighted by Gasteiger charge is -2.10. The number of benzene rings is 1. The third-order valence-electron chi connectivity index (χ3n) is 2.91. The van der Waals surface area contributed by atoms with Crippen LogP contribution in [0, 0.1) is 5.92 Å². The molecule has 1 rings (SSSR count). The summed E-state index contributed by atoms with van der Waals surface area (Å²) in [5.41, 5.74) is 0.231. The van der Waals surface area contributed by atoms with Gasteiger partial charge in [0.15, 0.2) is 0 Å². The monoisotopic (exact) mass is 282 g/mol. The average Bonchev–Trinajstić information content (AvgIpc) is 2.42. The topological polar surface area (TPSA) is 46.5 Å². The quantitative estimate of drug-likeness (QED) is 0.697. The van der Waals surface area contributed by atoms with Gasteiger partial charge in [-0.15, -0.1) is 0 Å². The molecule has 0 saturated heterocycles. The van der Waals surface area contributed by atoms with Crippen molar-refractivity contribution < 1.29 is 14.6 Å². The molecule has 0 radical (unpaired) electrons. The number of carbonyl (C=O) groups is 1. The van der Waals surface area contributed by atoms with Gasteiger partial charge in [-0.3, -0.25) is 0 Å². The van der Waals surface area contributed by atoms with Crippen LogP contribution in [0.2, 0.25) is 0 Å². The smallest absolute Gasteiger partial charge is 0.339 e. The fourth-order valence-corrected chi connectivity index (χ4v) is 2.64. The number of ether oxygens (including phenoxy) is 1. The van der Waals surface area contributed by atoms with Gasteiger partial charge in [-0.2, -0.15) is 11.8 Å². The second kappa shape index (κ2) is 8.86. The molecule has 0 aromatic heterocycles. The Hall–Kier alpha value is -1.16. The summed E-state index contributed by atoms with van der Waals surface area (Å²) >= 11 is 1.94. The van der Waals surface area contributed by atoms with E-state index in [1.165, 1.54) is 12.2 Å². The third kappa shape index (κ3) is 6.01. The van der Waals surface area contributed by atoms with E-state index in [1.54, 1.807) is 24.3 Å². The van der Waals surface area contributed by atoms with Crippen molar-refractivity contribution >= 4 is 17.7 Å². The van der Waals surface area contributed by atoms with Gasteiger partial charge in [-0.25, -0.2) is 4.79 Å². The lowest BCUT2D eigenvalue weighted by molar-refractivity contribution is 0.0692. The van der Waals surface area contributed by atoms with Crippen molar-refractivity contribution in [3.8, 4) is 5.75 Å². The van der Waals surface area contributed by atoms with Crippen LogP contribution >= 0.6 is 11.8 Å². The van der Waals surface area contributed by atoms with Crippen LogP contribution in [0.3, 0.4) is 0 Å². The molecule has 19 heavy (non-hydrogen) atoms. The summed E-state index contributed by atoms with van der Waals surface area (Å²) in [5.74, 6) is 2.52. The van der Waals surface area contributed by atoms with E-state index in [-0.39, 0.29) is 5.56 Å². The summed E-state index contributed by atoms with van der Waals surface area (Å²) in [6.07, 6.45) is 2.16. The summed E-state index contributed by atoms with van der Waals surface area (Å²) in [7, 11) is 0. The maximum atomic E-state index is 11.0. The van der Waals surface area contributed by atoms with Gasteiger partial charge in [0.2, 0.25) is 0 Å². The second-order valence-corrected chi connectivity index (χ2v) is 5.74.